The summed E-state index contributed by atoms with van der Waals surface area (Å²) >= 11 is 0. The zero-order valence-electron chi connectivity index (χ0n) is 12.5. The lowest BCUT2D eigenvalue weighted by Gasteiger charge is -2.32. The Morgan fingerprint density at radius 1 is 1.11 bits per heavy atom. The van der Waals surface area contributed by atoms with Gasteiger partial charge in [-0.25, -0.2) is 0 Å². The third kappa shape index (κ3) is 4.32. The van der Waals surface area contributed by atoms with Gasteiger partial charge in [-0.2, -0.15) is 0 Å². The number of likely N-dealkylation sites (tertiary alicyclic amines) is 1. The summed E-state index contributed by atoms with van der Waals surface area (Å²) in [5.41, 5.74) is 2.96. The van der Waals surface area contributed by atoms with Gasteiger partial charge in [0.1, 0.15) is 0 Å². The second kappa shape index (κ2) is 7.66. The van der Waals surface area contributed by atoms with Crippen molar-refractivity contribution in [3.05, 3.63) is 35.4 Å². The summed E-state index contributed by atoms with van der Waals surface area (Å²) in [6, 6.07) is 8.87. The molecule has 1 aromatic rings. The van der Waals surface area contributed by atoms with Crippen molar-refractivity contribution in [2.24, 2.45) is 5.92 Å². The standard InChI is InChI=1S/C17H28N2/c1-3-15-9-11-19(12-10-15)14-17-8-6-5-7-16(17)13-18-4-2/h5-8,15,18H,3-4,9-14H2,1-2H3. The summed E-state index contributed by atoms with van der Waals surface area (Å²) in [7, 11) is 0. The normalized spacial score (nSPS) is 17.8. The average Bonchev–Trinajstić information content (AvgIpc) is 2.47. The Morgan fingerprint density at radius 2 is 1.79 bits per heavy atom. The fourth-order valence-electron chi connectivity index (χ4n) is 2.94. The maximum Gasteiger partial charge on any atom is 0.0236 e. The first-order valence-corrected chi connectivity index (χ1v) is 7.83. The van der Waals surface area contributed by atoms with Crippen LogP contribution in [0.25, 0.3) is 0 Å². The van der Waals surface area contributed by atoms with E-state index in [1.165, 1.54) is 43.5 Å². The predicted molar refractivity (Wildman–Crippen MR) is 82.1 cm³/mol. The lowest BCUT2D eigenvalue weighted by atomic mass is 9.94. The predicted octanol–water partition coefficient (Wildman–Crippen LogP) is 3.42. The highest BCUT2D eigenvalue weighted by atomic mass is 15.1. The SMILES string of the molecule is CCNCc1ccccc1CN1CCC(CC)CC1. The first-order chi connectivity index (χ1) is 9.33. The van der Waals surface area contributed by atoms with E-state index >= 15 is 0 Å². The van der Waals surface area contributed by atoms with Crippen LogP contribution >= 0.6 is 0 Å². The third-order valence-corrected chi connectivity index (χ3v) is 4.36. The minimum Gasteiger partial charge on any atom is -0.313 e. The quantitative estimate of drug-likeness (QED) is 0.843. The topological polar surface area (TPSA) is 15.3 Å². The van der Waals surface area contributed by atoms with Crippen molar-refractivity contribution < 1.29 is 0 Å². The Hall–Kier alpha value is -0.860. The van der Waals surface area contributed by atoms with Crippen LogP contribution in [0.3, 0.4) is 0 Å². The monoisotopic (exact) mass is 260 g/mol. The van der Waals surface area contributed by atoms with Gasteiger partial charge in [-0.1, -0.05) is 44.5 Å². The summed E-state index contributed by atoms with van der Waals surface area (Å²) in [6.07, 6.45) is 4.11. The van der Waals surface area contributed by atoms with Crippen molar-refractivity contribution in [1.29, 1.82) is 0 Å². The molecular weight excluding hydrogens is 232 g/mol. The van der Waals surface area contributed by atoms with Crippen LogP contribution in [0.5, 0.6) is 0 Å². The van der Waals surface area contributed by atoms with E-state index in [4.69, 9.17) is 0 Å². The average molecular weight is 260 g/mol. The van der Waals surface area contributed by atoms with Gasteiger partial charge in [0.2, 0.25) is 0 Å². The van der Waals surface area contributed by atoms with Gasteiger partial charge in [0.15, 0.2) is 0 Å². The molecule has 0 amide bonds. The Kier molecular flexibility index (Phi) is 5.87. The zero-order valence-corrected chi connectivity index (χ0v) is 12.5. The van der Waals surface area contributed by atoms with E-state index in [0.29, 0.717) is 0 Å². The minimum absolute atomic E-state index is 0.966. The Bertz CT molecular complexity index is 367. The smallest absolute Gasteiger partial charge is 0.0236 e. The molecule has 1 aromatic carbocycles. The van der Waals surface area contributed by atoms with Gasteiger partial charge in [-0.05, 0) is 49.5 Å². The van der Waals surface area contributed by atoms with E-state index in [2.05, 4.69) is 48.3 Å². The largest absolute Gasteiger partial charge is 0.313 e. The molecule has 0 radical (unpaired) electrons. The maximum atomic E-state index is 3.44. The molecule has 0 aromatic heterocycles. The van der Waals surface area contributed by atoms with E-state index in [-0.39, 0.29) is 0 Å². The van der Waals surface area contributed by atoms with Crippen molar-refractivity contribution in [1.82, 2.24) is 10.2 Å². The summed E-state index contributed by atoms with van der Waals surface area (Å²) in [6.45, 7) is 10.2. The molecule has 0 aliphatic carbocycles. The van der Waals surface area contributed by atoms with Crippen LogP contribution in [-0.4, -0.2) is 24.5 Å². The highest BCUT2D eigenvalue weighted by molar-refractivity contribution is 5.27. The molecule has 2 rings (SSSR count). The van der Waals surface area contributed by atoms with Gasteiger partial charge < -0.3 is 5.32 Å². The van der Waals surface area contributed by atoms with Gasteiger partial charge in [-0.3, -0.25) is 4.90 Å². The molecule has 0 atom stereocenters. The number of rotatable bonds is 6. The number of nitrogens with one attached hydrogen (secondary N) is 1. The van der Waals surface area contributed by atoms with Crippen molar-refractivity contribution >= 4 is 0 Å². The molecule has 1 aliphatic rings. The van der Waals surface area contributed by atoms with Crippen LogP contribution < -0.4 is 5.32 Å². The number of hydrogen-bond donors (Lipinski definition) is 1. The first kappa shape index (κ1) is 14.5. The van der Waals surface area contributed by atoms with Crippen LogP contribution in [0.1, 0.15) is 44.2 Å². The Morgan fingerprint density at radius 3 is 2.42 bits per heavy atom. The van der Waals surface area contributed by atoms with Gasteiger partial charge in [-0.15, -0.1) is 0 Å². The second-order valence-electron chi connectivity index (χ2n) is 5.68. The zero-order chi connectivity index (χ0) is 13.5. The molecule has 2 heteroatoms. The molecule has 0 unspecified atom stereocenters. The number of nitrogens with zero attached hydrogens (tertiary/aromatic N) is 1. The molecular formula is C17H28N2. The lowest BCUT2D eigenvalue weighted by molar-refractivity contribution is 0.174. The molecule has 1 N–H and O–H groups in total. The molecule has 106 valence electrons. The minimum atomic E-state index is 0.966. The molecule has 2 nitrogen and oxygen atoms in total. The lowest BCUT2D eigenvalue weighted by Crippen LogP contribution is -2.33. The van der Waals surface area contributed by atoms with Crippen molar-refractivity contribution in [3.8, 4) is 0 Å². The van der Waals surface area contributed by atoms with Crippen LogP contribution in [0.15, 0.2) is 24.3 Å². The van der Waals surface area contributed by atoms with E-state index in [1.54, 1.807) is 0 Å². The molecule has 1 saturated heterocycles. The van der Waals surface area contributed by atoms with Crippen LogP contribution in [0.4, 0.5) is 0 Å². The molecule has 0 spiro atoms. The third-order valence-electron chi connectivity index (χ3n) is 4.36. The van der Waals surface area contributed by atoms with E-state index in [0.717, 1.165) is 25.6 Å². The molecule has 1 heterocycles. The number of piperidine rings is 1. The highest BCUT2D eigenvalue weighted by Gasteiger charge is 2.18. The molecule has 1 fully saturated rings. The van der Waals surface area contributed by atoms with Crippen LogP contribution in [0.2, 0.25) is 0 Å². The van der Waals surface area contributed by atoms with Gasteiger partial charge in [0, 0.05) is 13.1 Å². The fraction of sp³-hybridized carbons (Fsp3) is 0.647. The summed E-state index contributed by atoms with van der Waals surface area (Å²) in [5.74, 6) is 0.966. The van der Waals surface area contributed by atoms with E-state index in [9.17, 15) is 0 Å². The van der Waals surface area contributed by atoms with Crippen molar-refractivity contribution in [3.63, 3.8) is 0 Å². The molecule has 1 aliphatic heterocycles. The fourth-order valence-corrected chi connectivity index (χ4v) is 2.94. The van der Waals surface area contributed by atoms with Crippen molar-refractivity contribution in [2.75, 3.05) is 19.6 Å². The summed E-state index contributed by atoms with van der Waals surface area (Å²) in [5, 5.41) is 3.44. The van der Waals surface area contributed by atoms with E-state index in [1.807, 2.05) is 0 Å². The number of benzene rings is 1. The highest BCUT2D eigenvalue weighted by Crippen LogP contribution is 2.22. The summed E-state index contributed by atoms with van der Waals surface area (Å²) < 4.78 is 0. The summed E-state index contributed by atoms with van der Waals surface area (Å²) in [4.78, 5) is 2.62. The van der Waals surface area contributed by atoms with Crippen LogP contribution in [0, 0.1) is 5.92 Å². The van der Waals surface area contributed by atoms with Gasteiger partial charge in [0.25, 0.3) is 0 Å². The second-order valence-corrected chi connectivity index (χ2v) is 5.68. The van der Waals surface area contributed by atoms with Crippen LogP contribution in [-0.2, 0) is 13.1 Å². The molecule has 0 bridgehead atoms. The molecule has 19 heavy (non-hydrogen) atoms. The Labute approximate surface area is 118 Å². The van der Waals surface area contributed by atoms with Crippen molar-refractivity contribution in [2.45, 2.75) is 46.2 Å². The van der Waals surface area contributed by atoms with Gasteiger partial charge >= 0.3 is 0 Å². The molecule has 0 saturated carbocycles. The maximum absolute atomic E-state index is 3.44. The van der Waals surface area contributed by atoms with E-state index < -0.39 is 0 Å². The first-order valence-electron chi connectivity index (χ1n) is 7.83. The number of hydrogen-bond acceptors (Lipinski definition) is 2. The van der Waals surface area contributed by atoms with Gasteiger partial charge in [0.05, 0.1) is 0 Å². The Balaban J connectivity index is 1.91.